The highest BCUT2D eigenvalue weighted by atomic mass is 15.2. The van der Waals surface area contributed by atoms with Gasteiger partial charge in [0.05, 0.1) is 0 Å². The molecule has 2 heteroatoms. The second-order valence-electron chi connectivity index (χ2n) is 4.08. The Morgan fingerprint density at radius 3 is 2.92 bits per heavy atom. The van der Waals surface area contributed by atoms with Crippen molar-refractivity contribution in [3.8, 4) is 0 Å². The van der Waals surface area contributed by atoms with Crippen molar-refractivity contribution in [3.63, 3.8) is 0 Å². The first kappa shape index (κ1) is 10.7. The molecule has 1 N–H and O–H groups in total. The summed E-state index contributed by atoms with van der Waals surface area (Å²) in [5.41, 5.74) is 0. The van der Waals surface area contributed by atoms with Crippen molar-refractivity contribution < 1.29 is 0 Å². The Labute approximate surface area is 82.0 Å². The molecule has 1 heterocycles. The summed E-state index contributed by atoms with van der Waals surface area (Å²) < 4.78 is 0. The summed E-state index contributed by atoms with van der Waals surface area (Å²) in [4.78, 5) is 2.57. The van der Waals surface area contributed by atoms with Crippen LogP contribution in [0.4, 0.5) is 0 Å². The zero-order chi connectivity index (χ0) is 9.68. The van der Waals surface area contributed by atoms with Crippen molar-refractivity contribution in [3.05, 3.63) is 12.2 Å². The Morgan fingerprint density at radius 1 is 1.54 bits per heavy atom. The van der Waals surface area contributed by atoms with Crippen LogP contribution < -0.4 is 5.32 Å². The van der Waals surface area contributed by atoms with Crippen molar-refractivity contribution in [2.45, 2.75) is 26.8 Å². The van der Waals surface area contributed by atoms with Gasteiger partial charge in [-0.25, -0.2) is 0 Å². The first-order valence-corrected chi connectivity index (χ1v) is 5.31. The number of piperazine rings is 1. The van der Waals surface area contributed by atoms with Crippen molar-refractivity contribution in [1.82, 2.24) is 10.2 Å². The molecule has 0 aliphatic carbocycles. The molecule has 1 aliphatic heterocycles. The fraction of sp³-hybridized carbons (Fsp3) is 0.818. The van der Waals surface area contributed by atoms with Gasteiger partial charge in [0.15, 0.2) is 0 Å². The van der Waals surface area contributed by atoms with E-state index in [1.807, 2.05) is 0 Å². The molecule has 0 amide bonds. The van der Waals surface area contributed by atoms with Crippen LogP contribution in [-0.2, 0) is 0 Å². The van der Waals surface area contributed by atoms with Crippen molar-refractivity contribution in [2.75, 3.05) is 26.2 Å². The van der Waals surface area contributed by atoms with Crippen LogP contribution in [0.5, 0.6) is 0 Å². The molecule has 0 saturated carbocycles. The zero-order valence-corrected chi connectivity index (χ0v) is 9.09. The summed E-state index contributed by atoms with van der Waals surface area (Å²) in [6, 6.07) is 0.713. The molecule has 1 aliphatic rings. The summed E-state index contributed by atoms with van der Waals surface area (Å²) in [6.07, 6.45) is 4.39. The Morgan fingerprint density at radius 2 is 2.31 bits per heavy atom. The molecule has 1 atom stereocenters. The first-order chi connectivity index (χ1) is 6.25. The van der Waals surface area contributed by atoms with E-state index in [4.69, 9.17) is 0 Å². The van der Waals surface area contributed by atoms with Gasteiger partial charge in [0.25, 0.3) is 0 Å². The molecule has 1 fully saturated rings. The molecule has 1 rings (SSSR count). The van der Waals surface area contributed by atoms with Crippen LogP contribution in [0.1, 0.15) is 20.8 Å². The van der Waals surface area contributed by atoms with Gasteiger partial charge < -0.3 is 5.32 Å². The van der Waals surface area contributed by atoms with Crippen LogP contribution in [0.15, 0.2) is 12.2 Å². The van der Waals surface area contributed by atoms with Crippen molar-refractivity contribution >= 4 is 0 Å². The molecule has 0 bridgehead atoms. The van der Waals surface area contributed by atoms with Crippen molar-refractivity contribution in [1.29, 1.82) is 0 Å². The molecule has 1 unspecified atom stereocenters. The third-order valence-corrected chi connectivity index (χ3v) is 2.74. The maximum Gasteiger partial charge on any atom is 0.0247 e. The van der Waals surface area contributed by atoms with Crippen LogP contribution in [0.3, 0.4) is 0 Å². The van der Waals surface area contributed by atoms with Crippen LogP contribution in [-0.4, -0.2) is 37.1 Å². The highest BCUT2D eigenvalue weighted by molar-refractivity contribution is 4.88. The van der Waals surface area contributed by atoms with E-state index in [-0.39, 0.29) is 0 Å². The van der Waals surface area contributed by atoms with Gasteiger partial charge in [-0.05, 0) is 12.8 Å². The monoisotopic (exact) mass is 182 g/mol. The molecular weight excluding hydrogens is 160 g/mol. The number of allylic oxidation sites excluding steroid dienone is 1. The van der Waals surface area contributed by atoms with E-state index in [0.29, 0.717) is 6.04 Å². The van der Waals surface area contributed by atoms with Gasteiger partial charge in [0.1, 0.15) is 0 Å². The van der Waals surface area contributed by atoms with Gasteiger partial charge in [-0.3, -0.25) is 4.90 Å². The Kier molecular flexibility index (Phi) is 4.46. The molecular formula is C11H22N2. The van der Waals surface area contributed by atoms with Gasteiger partial charge in [0, 0.05) is 32.2 Å². The van der Waals surface area contributed by atoms with E-state index in [9.17, 15) is 0 Å². The lowest BCUT2D eigenvalue weighted by atomic mass is 10.0. The SMILES string of the molecule is C/C=C/CN1CCNCC1C(C)C. The average Bonchev–Trinajstić information content (AvgIpc) is 2.15. The molecule has 0 aromatic rings. The maximum atomic E-state index is 3.46. The van der Waals surface area contributed by atoms with E-state index in [1.54, 1.807) is 0 Å². The lowest BCUT2D eigenvalue weighted by molar-refractivity contribution is 0.139. The average molecular weight is 182 g/mol. The predicted octanol–water partition coefficient (Wildman–Crippen LogP) is 1.49. The third kappa shape index (κ3) is 3.12. The molecule has 0 aromatic carbocycles. The van der Waals surface area contributed by atoms with Crippen molar-refractivity contribution in [2.24, 2.45) is 5.92 Å². The standard InChI is InChI=1S/C11H22N2/c1-4-5-7-13-8-6-12-9-11(13)10(2)3/h4-5,10-12H,6-9H2,1-3H3/b5-4+. The number of hydrogen-bond acceptors (Lipinski definition) is 2. The predicted molar refractivity (Wildman–Crippen MR) is 57.9 cm³/mol. The minimum Gasteiger partial charge on any atom is -0.314 e. The number of nitrogens with zero attached hydrogens (tertiary/aromatic N) is 1. The topological polar surface area (TPSA) is 15.3 Å². The van der Waals surface area contributed by atoms with E-state index in [0.717, 1.165) is 25.6 Å². The number of rotatable bonds is 3. The Hall–Kier alpha value is -0.340. The van der Waals surface area contributed by atoms with Gasteiger partial charge in [0.2, 0.25) is 0 Å². The minimum atomic E-state index is 0.713. The van der Waals surface area contributed by atoms with E-state index < -0.39 is 0 Å². The lowest BCUT2D eigenvalue weighted by Crippen LogP contribution is -2.53. The first-order valence-electron chi connectivity index (χ1n) is 5.31. The Balaban J connectivity index is 2.46. The van der Waals surface area contributed by atoms with Crippen LogP contribution >= 0.6 is 0 Å². The summed E-state index contributed by atoms with van der Waals surface area (Å²) in [7, 11) is 0. The molecule has 1 saturated heterocycles. The van der Waals surface area contributed by atoms with E-state index >= 15 is 0 Å². The number of hydrogen-bond donors (Lipinski definition) is 1. The van der Waals surface area contributed by atoms with Crippen LogP contribution in [0, 0.1) is 5.92 Å². The smallest absolute Gasteiger partial charge is 0.0247 e. The van der Waals surface area contributed by atoms with Gasteiger partial charge in [-0.1, -0.05) is 26.0 Å². The quantitative estimate of drug-likeness (QED) is 0.665. The van der Waals surface area contributed by atoms with Crippen LogP contribution in [0.2, 0.25) is 0 Å². The lowest BCUT2D eigenvalue weighted by Gasteiger charge is -2.38. The maximum absolute atomic E-state index is 3.46. The van der Waals surface area contributed by atoms with E-state index in [1.165, 1.54) is 6.54 Å². The molecule has 0 spiro atoms. The number of nitrogens with one attached hydrogen (secondary N) is 1. The fourth-order valence-corrected chi connectivity index (χ4v) is 1.89. The second-order valence-corrected chi connectivity index (χ2v) is 4.08. The minimum absolute atomic E-state index is 0.713. The summed E-state index contributed by atoms with van der Waals surface area (Å²) >= 11 is 0. The third-order valence-electron chi connectivity index (χ3n) is 2.74. The van der Waals surface area contributed by atoms with E-state index in [2.05, 4.69) is 43.1 Å². The van der Waals surface area contributed by atoms with Gasteiger partial charge in [-0.15, -0.1) is 0 Å². The van der Waals surface area contributed by atoms with Gasteiger partial charge >= 0.3 is 0 Å². The summed E-state index contributed by atoms with van der Waals surface area (Å²) in [6.45, 7) is 11.3. The molecule has 13 heavy (non-hydrogen) atoms. The molecule has 76 valence electrons. The summed E-state index contributed by atoms with van der Waals surface area (Å²) in [5.74, 6) is 0.748. The summed E-state index contributed by atoms with van der Waals surface area (Å²) in [5, 5.41) is 3.46. The largest absolute Gasteiger partial charge is 0.314 e. The highest BCUT2D eigenvalue weighted by Gasteiger charge is 2.23. The second kappa shape index (κ2) is 5.40. The molecule has 0 radical (unpaired) electrons. The highest BCUT2D eigenvalue weighted by Crippen LogP contribution is 2.12. The van der Waals surface area contributed by atoms with Crippen LogP contribution in [0.25, 0.3) is 0 Å². The molecule has 2 nitrogen and oxygen atoms in total. The Bertz CT molecular complexity index is 163. The van der Waals surface area contributed by atoms with Gasteiger partial charge in [-0.2, -0.15) is 0 Å². The fourth-order valence-electron chi connectivity index (χ4n) is 1.89. The zero-order valence-electron chi connectivity index (χ0n) is 9.09. The molecule has 0 aromatic heterocycles. The normalized spacial score (nSPS) is 26.0.